The van der Waals surface area contributed by atoms with E-state index in [9.17, 15) is 0 Å². The summed E-state index contributed by atoms with van der Waals surface area (Å²) in [7, 11) is 0. The van der Waals surface area contributed by atoms with Gasteiger partial charge in [0.05, 0.1) is 0 Å². The maximum absolute atomic E-state index is 4.94. The van der Waals surface area contributed by atoms with Crippen molar-refractivity contribution in [3.05, 3.63) is 10.2 Å². The molecule has 0 atom stereocenters. The van der Waals surface area contributed by atoms with Gasteiger partial charge in [0.25, 0.3) is 0 Å². The van der Waals surface area contributed by atoms with Crippen molar-refractivity contribution in [3.8, 4) is 0 Å². The van der Waals surface area contributed by atoms with Crippen LogP contribution in [0.15, 0.2) is 10.2 Å². The van der Waals surface area contributed by atoms with E-state index < -0.39 is 18.4 Å². The Kier molecular flexibility index (Phi) is 18.0. The number of rotatable bonds is 19. The summed E-state index contributed by atoms with van der Waals surface area (Å²) < 4.78 is 6.67. The molecule has 0 nitrogen and oxygen atoms in total. The second kappa shape index (κ2) is 17.6. The molecular weight excluding hydrogens is 419 g/mol. The van der Waals surface area contributed by atoms with Crippen molar-refractivity contribution >= 4 is 18.4 Å². The van der Waals surface area contributed by atoms with E-state index in [0.29, 0.717) is 0 Å². The molecule has 0 aromatic heterocycles. The molecule has 0 aromatic carbocycles. The molecule has 0 heterocycles. The predicted molar refractivity (Wildman–Crippen MR) is 126 cm³/mol. The SMILES string of the molecule is C=[C](C(CCCCC)CCCCC)[Sn]([CH2]CCC)([CH2]CCC)[CH2]CCC. The van der Waals surface area contributed by atoms with Crippen LogP contribution < -0.4 is 0 Å². The molecule has 0 saturated carbocycles. The van der Waals surface area contributed by atoms with Crippen LogP contribution in [-0.2, 0) is 0 Å². The van der Waals surface area contributed by atoms with Gasteiger partial charge in [0.2, 0.25) is 0 Å². The van der Waals surface area contributed by atoms with Crippen LogP contribution in [0, 0.1) is 5.92 Å². The summed E-state index contributed by atoms with van der Waals surface area (Å²) in [6.07, 6.45) is 19.8. The Bertz CT molecular complexity index is 288. The second-order valence-corrected chi connectivity index (χ2v) is 22.2. The molecule has 26 heavy (non-hydrogen) atoms. The molecule has 0 radical (unpaired) electrons. The Morgan fingerprint density at radius 1 is 0.577 bits per heavy atom. The van der Waals surface area contributed by atoms with Gasteiger partial charge >= 0.3 is 172 Å². The van der Waals surface area contributed by atoms with Crippen molar-refractivity contribution in [2.75, 3.05) is 0 Å². The van der Waals surface area contributed by atoms with Crippen LogP contribution in [-0.4, -0.2) is 18.4 Å². The molecule has 0 fully saturated rings. The molecule has 0 aliphatic rings. The van der Waals surface area contributed by atoms with Crippen LogP contribution in [0.4, 0.5) is 0 Å². The van der Waals surface area contributed by atoms with Gasteiger partial charge in [-0.3, -0.25) is 0 Å². The van der Waals surface area contributed by atoms with Gasteiger partial charge in [0, 0.05) is 0 Å². The zero-order chi connectivity index (χ0) is 19.7. The zero-order valence-corrected chi connectivity index (χ0v) is 22.2. The first-order valence-corrected chi connectivity index (χ1v) is 19.8. The van der Waals surface area contributed by atoms with Gasteiger partial charge in [-0.05, 0) is 0 Å². The third-order valence-corrected chi connectivity index (χ3v) is 22.8. The van der Waals surface area contributed by atoms with Crippen molar-refractivity contribution in [1.29, 1.82) is 0 Å². The summed E-state index contributed by atoms with van der Waals surface area (Å²) in [5.41, 5.74) is 0. The quantitative estimate of drug-likeness (QED) is 0.130. The topological polar surface area (TPSA) is 0 Å². The van der Waals surface area contributed by atoms with Gasteiger partial charge in [-0.1, -0.05) is 0 Å². The molecule has 0 spiro atoms. The third kappa shape index (κ3) is 10.8. The molecule has 156 valence electrons. The molecule has 0 rings (SSSR count). The minimum atomic E-state index is -2.25. The molecular formula is C25H52Sn. The number of allylic oxidation sites excluding steroid dienone is 1. The molecule has 0 amide bonds. The molecule has 0 N–H and O–H groups in total. The molecule has 0 aliphatic heterocycles. The standard InChI is InChI=1S/C13H25.3C4H9.Sn/c1-4-7-9-11-13(6-3)12-10-8-5-2;3*1-3-4-2;/h13H,3-5,7-12H2,1-2H3;3*1,3-4H2,2H3;. The molecule has 0 saturated heterocycles. The minimum absolute atomic E-state index is 0.870. The summed E-state index contributed by atoms with van der Waals surface area (Å²) in [6, 6.07) is 0. The van der Waals surface area contributed by atoms with E-state index in [-0.39, 0.29) is 0 Å². The maximum atomic E-state index is 4.94. The number of hydrogen-bond donors (Lipinski definition) is 0. The molecule has 0 aromatic rings. The van der Waals surface area contributed by atoms with E-state index in [0.717, 1.165) is 5.92 Å². The predicted octanol–water partition coefficient (Wildman–Crippen LogP) is 9.71. The van der Waals surface area contributed by atoms with E-state index >= 15 is 0 Å². The fourth-order valence-corrected chi connectivity index (χ4v) is 21.6. The van der Waals surface area contributed by atoms with Crippen LogP contribution >= 0.6 is 0 Å². The fourth-order valence-electron chi connectivity index (χ4n) is 4.61. The van der Waals surface area contributed by atoms with Gasteiger partial charge in [-0.2, -0.15) is 0 Å². The Labute approximate surface area is 171 Å². The first kappa shape index (κ1) is 26.5. The summed E-state index contributed by atoms with van der Waals surface area (Å²) >= 11 is -2.25. The zero-order valence-electron chi connectivity index (χ0n) is 19.3. The van der Waals surface area contributed by atoms with E-state index in [2.05, 4.69) is 34.6 Å². The Hall–Kier alpha value is 0.539. The Morgan fingerprint density at radius 2 is 0.923 bits per heavy atom. The molecule has 1 heteroatoms. The van der Waals surface area contributed by atoms with E-state index in [1.807, 2.05) is 3.59 Å². The average molecular weight is 471 g/mol. The van der Waals surface area contributed by atoms with Crippen molar-refractivity contribution in [3.63, 3.8) is 0 Å². The molecule has 0 unspecified atom stereocenters. The summed E-state index contributed by atoms with van der Waals surface area (Å²) in [5, 5.41) is 0. The van der Waals surface area contributed by atoms with Gasteiger partial charge in [-0.15, -0.1) is 0 Å². The van der Waals surface area contributed by atoms with Crippen LogP contribution in [0.1, 0.15) is 125 Å². The van der Waals surface area contributed by atoms with Gasteiger partial charge < -0.3 is 0 Å². The van der Waals surface area contributed by atoms with Crippen LogP contribution in [0.2, 0.25) is 13.3 Å². The van der Waals surface area contributed by atoms with Crippen molar-refractivity contribution in [2.45, 2.75) is 138 Å². The van der Waals surface area contributed by atoms with Crippen LogP contribution in [0.3, 0.4) is 0 Å². The van der Waals surface area contributed by atoms with Gasteiger partial charge in [0.15, 0.2) is 0 Å². The van der Waals surface area contributed by atoms with Crippen molar-refractivity contribution < 1.29 is 0 Å². The van der Waals surface area contributed by atoms with Gasteiger partial charge in [0.1, 0.15) is 0 Å². The van der Waals surface area contributed by atoms with Crippen molar-refractivity contribution in [1.82, 2.24) is 0 Å². The number of unbranched alkanes of at least 4 members (excludes halogenated alkanes) is 7. The second-order valence-electron chi connectivity index (χ2n) is 8.80. The van der Waals surface area contributed by atoms with Crippen LogP contribution in [0.25, 0.3) is 0 Å². The van der Waals surface area contributed by atoms with Crippen molar-refractivity contribution in [2.24, 2.45) is 5.92 Å². The first-order valence-electron chi connectivity index (χ1n) is 12.3. The average Bonchev–Trinajstić information content (AvgIpc) is 2.66. The van der Waals surface area contributed by atoms with Gasteiger partial charge in [-0.25, -0.2) is 0 Å². The number of hydrogen-bond acceptors (Lipinski definition) is 0. The van der Waals surface area contributed by atoms with E-state index in [1.165, 1.54) is 89.9 Å². The van der Waals surface area contributed by atoms with E-state index in [4.69, 9.17) is 6.58 Å². The normalized spacial score (nSPS) is 12.1. The summed E-state index contributed by atoms with van der Waals surface area (Å²) in [6.45, 7) is 16.8. The first-order chi connectivity index (χ1) is 12.6. The fraction of sp³-hybridized carbons (Fsp3) is 0.920. The summed E-state index contributed by atoms with van der Waals surface area (Å²) in [5.74, 6) is 0.870. The molecule has 0 aliphatic carbocycles. The Balaban J connectivity index is 5.33. The summed E-state index contributed by atoms with van der Waals surface area (Å²) in [4.78, 5) is 0. The van der Waals surface area contributed by atoms with Crippen LogP contribution in [0.5, 0.6) is 0 Å². The third-order valence-electron chi connectivity index (χ3n) is 6.51. The Morgan fingerprint density at radius 3 is 1.23 bits per heavy atom. The van der Waals surface area contributed by atoms with E-state index in [1.54, 1.807) is 13.3 Å². The monoisotopic (exact) mass is 472 g/mol. The molecule has 0 bridgehead atoms.